The van der Waals surface area contributed by atoms with Crippen molar-refractivity contribution < 1.29 is 42.8 Å². The van der Waals surface area contributed by atoms with Gasteiger partial charge in [-0.3, -0.25) is 9.59 Å². The van der Waals surface area contributed by atoms with Crippen LogP contribution in [0.5, 0.6) is 0 Å². The molecule has 3 rings (SSSR count). The van der Waals surface area contributed by atoms with Crippen LogP contribution in [0.2, 0.25) is 0 Å². The first-order chi connectivity index (χ1) is 29.4. The van der Waals surface area contributed by atoms with Crippen molar-refractivity contribution in [3.8, 4) is 0 Å². The maximum atomic E-state index is 12.9. The molecule has 0 saturated heterocycles. The minimum absolute atomic E-state index is 0.0426. The monoisotopic (exact) mass is 861 g/mol. The van der Waals surface area contributed by atoms with Crippen molar-refractivity contribution >= 4 is 30.1 Å². The Bertz CT molecular complexity index is 1600. The van der Waals surface area contributed by atoms with E-state index in [1.54, 1.807) is 27.5 Å². The number of carbonyl (C=O) groups excluding carboxylic acids is 3. The van der Waals surface area contributed by atoms with E-state index in [-0.39, 0.29) is 61.2 Å². The molecule has 336 valence electrons. The third-order valence-electron chi connectivity index (χ3n) is 11.2. The van der Waals surface area contributed by atoms with Gasteiger partial charge in [0.05, 0.1) is 42.7 Å². The Labute approximate surface area is 370 Å². The van der Waals surface area contributed by atoms with Gasteiger partial charge in [-0.2, -0.15) is 0 Å². The molecule has 0 aromatic heterocycles. The van der Waals surface area contributed by atoms with Crippen molar-refractivity contribution in [3.05, 3.63) is 120 Å². The lowest BCUT2D eigenvalue weighted by atomic mass is 9.84. The molecule has 0 spiro atoms. The Morgan fingerprint density at radius 3 is 1.79 bits per heavy atom. The molecule has 0 bridgehead atoms. The molecule has 0 N–H and O–H groups in total. The maximum Gasteiger partial charge on any atom is 0.332 e. The molecular weight excluding hydrogens is 791 g/mol. The second kappa shape index (κ2) is 27.8. The lowest BCUT2D eigenvalue weighted by molar-refractivity contribution is -0.159. The average molecular weight is 862 g/mol. The van der Waals surface area contributed by atoms with E-state index in [1.165, 1.54) is 21.6 Å². The standard InChI is InChI=1S/C50H71NO9S/c1-10-44(34-46(55-8)38(4)26-27-45(60-49(54)37(2)3)40(6)48(56-9)39(5)28-29-51(7)36-52)59-47(53)35-58-31-30-57-32-33-61-50(41-20-14-11-15-21-41,42-22-16-12-17-23-42)43-24-18-13-19-25-43/h11-25,28-29,36-40,44-46,48H,10,26-27,30-35H2,1-9H3/b29-28+. The molecule has 0 aliphatic carbocycles. The van der Waals surface area contributed by atoms with Gasteiger partial charge in [0, 0.05) is 51.5 Å². The number of ether oxygens (including phenoxy) is 6. The Morgan fingerprint density at radius 1 is 0.738 bits per heavy atom. The summed E-state index contributed by atoms with van der Waals surface area (Å²) in [5.74, 6) is -0.309. The topological polar surface area (TPSA) is 110 Å². The number of rotatable bonds is 30. The van der Waals surface area contributed by atoms with Gasteiger partial charge >= 0.3 is 11.9 Å². The summed E-state index contributed by atoms with van der Waals surface area (Å²) in [6, 6.07) is 31.8. The van der Waals surface area contributed by atoms with Gasteiger partial charge in [0.25, 0.3) is 0 Å². The number of amides is 1. The summed E-state index contributed by atoms with van der Waals surface area (Å²) in [7, 11) is 5.00. The number of esters is 2. The van der Waals surface area contributed by atoms with Crippen LogP contribution in [0, 0.1) is 23.7 Å². The molecular formula is C50H71NO9S. The number of hydrogen-bond donors (Lipinski definition) is 0. The van der Waals surface area contributed by atoms with Crippen LogP contribution in [-0.2, 0) is 47.6 Å². The molecule has 0 fully saturated rings. The zero-order valence-corrected chi connectivity index (χ0v) is 38.7. The van der Waals surface area contributed by atoms with Gasteiger partial charge in [-0.25, -0.2) is 4.79 Å². The van der Waals surface area contributed by atoms with E-state index in [4.69, 9.17) is 28.4 Å². The fourth-order valence-corrected chi connectivity index (χ4v) is 9.01. The first-order valence-electron chi connectivity index (χ1n) is 21.7. The van der Waals surface area contributed by atoms with Gasteiger partial charge in [-0.05, 0) is 41.9 Å². The quantitative estimate of drug-likeness (QED) is 0.0279. The lowest BCUT2D eigenvalue weighted by Crippen LogP contribution is -2.39. The van der Waals surface area contributed by atoms with Crippen LogP contribution < -0.4 is 0 Å². The first kappa shape index (κ1) is 51.4. The third-order valence-corrected chi connectivity index (χ3v) is 12.7. The van der Waals surface area contributed by atoms with Gasteiger partial charge in [-0.1, -0.05) is 139 Å². The second-order valence-electron chi connectivity index (χ2n) is 16.0. The smallest absolute Gasteiger partial charge is 0.332 e. The molecule has 0 saturated carbocycles. The van der Waals surface area contributed by atoms with Crippen LogP contribution >= 0.6 is 11.8 Å². The lowest BCUT2D eigenvalue weighted by Gasteiger charge is -2.35. The summed E-state index contributed by atoms with van der Waals surface area (Å²) in [6.07, 6.45) is 5.65. The molecule has 7 atom stereocenters. The SMILES string of the molecule is CCC(CC(OC)C(C)CCC(OC(=O)C(C)C)C(C)C(OC)C(C)/C=C/N(C)C=O)OC(=O)COCCOCCSC(c1ccccc1)(c1ccccc1)c1ccccc1. The second-order valence-corrected chi connectivity index (χ2v) is 17.3. The molecule has 11 heteroatoms. The number of nitrogens with zero attached hydrogens (tertiary/aromatic N) is 1. The summed E-state index contributed by atoms with van der Waals surface area (Å²) >= 11 is 1.84. The highest BCUT2D eigenvalue weighted by Gasteiger charge is 2.37. The highest BCUT2D eigenvalue weighted by Crippen LogP contribution is 2.48. The van der Waals surface area contributed by atoms with Gasteiger partial charge in [0.15, 0.2) is 0 Å². The highest BCUT2D eigenvalue weighted by molar-refractivity contribution is 8.00. The maximum absolute atomic E-state index is 12.9. The van der Waals surface area contributed by atoms with Crippen molar-refractivity contribution in [1.29, 1.82) is 0 Å². The van der Waals surface area contributed by atoms with E-state index in [9.17, 15) is 14.4 Å². The largest absolute Gasteiger partial charge is 0.462 e. The molecule has 10 nitrogen and oxygen atoms in total. The predicted molar refractivity (Wildman–Crippen MR) is 244 cm³/mol. The van der Waals surface area contributed by atoms with E-state index < -0.39 is 16.8 Å². The molecule has 0 aliphatic heterocycles. The minimum Gasteiger partial charge on any atom is -0.462 e. The Hall–Kier alpha value is -4.00. The fraction of sp³-hybridized carbons (Fsp3) is 0.540. The van der Waals surface area contributed by atoms with Gasteiger partial charge in [0.2, 0.25) is 6.41 Å². The molecule has 3 aromatic carbocycles. The third kappa shape index (κ3) is 16.3. The van der Waals surface area contributed by atoms with Crippen LogP contribution in [0.15, 0.2) is 103 Å². The van der Waals surface area contributed by atoms with Gasteiger partial charge < -0.3 is 33.3 Å². The summed E-state index contributed by atoms with van der Waals surface area (Å²) in [5.41, 5.74) is 3.61. The van der Waals surface area contributed by atoms with E-state index >= 15 is 0 Å². The molecule has 3 aromatic rings. The summed E-state index contributed by atoms with van der Waals surface area (Å²) in [5, 5.41) is 0. The normalized spacial score (nSPS) is 15.4. The van der Waals surface area contributed by atoms with Crippen molar-refractivity contribution in [3.63, 3.8) is 0 Å². The van der Waals surface area contributed by atoms with E-state index in [0.717, 1.165) is 12.2 Å². The molecule has 0 heterocycles. The van der Waals surface area contributed by atoms with Crippen LogP contribution in [0.1, 0.15) is 83.9 Å². The molecule has 0 radical (unpaired) electrons. The molecule has 7 unspecified atom stereocenters. The summed E-state index contributed by atoms with van der Waals surface area (Å²) in [4.78, 5) is 38.2. The molecule has 61 heavy (non-hydrogen) atoms. The Kier molecular flexibility index (Phi) is 23.4. The minimum atomic E-state index is -0.425. The van der Waals surface area contributed by atoms with Gasteiger partial charge in [0.1, 0.15) is 18.8 Å². The fourth-order valence-electron chi connectivity index (χ4n) is 7.60. The molecule has 1 amide bonds. The van der Waals surface area contributed by atoms with Crippen molar-refractivity contribution in [1.82, 2.24) is 4.90 Å². The zero-order valence-electron chi connectivity index (χ0n) is 37.9. The Morgan fingerprint density at radius 2 is 1.30 bits per heavy atom. The Balaban J connectivity index is 1.49. The predicted octanol–water partition coefficient (Wildman–Crippen LogP) is 9.35. The zero-order chi connectivity index (χ0) is 44.6. The number of methoxy groups -OCH3 is 2. The number of hydrogen-bond acceptors (Lipinski definition) is 10. The van der Waals surface area contributed by atoms with E-state index in [2.05, 4.69) is 79.7 Å². The van der Waals surface area contributed by atoms with Crippen molar-refractivity contribution in [2.45, 2.75) is 96.4 Å². The van der Waals surface area contributed by atoms with Crippen LogP contribution in [-0.4, -0.2) is 101 Å². The van der Waals surface area contributed by atoms with Crippen LogP contribution in [0.3, 0.4) is 0 Å². The van der Waals surface area contributed by atoms with Crippen molar-refractivity contribution in [2.24, 2.45) is 23.7 Å². The van der Waals surface area contributed by atoms with Crippen molar-refractivity contribution in [2.75, 3.05) is 53.4 Å². The van der Waals surface area contributed by atoms with E-state index in [1.807, 2.05) is 70.7 Å². The van der Waals surface area contributed by atoms with Crippen LogP contribution in [0.4, 0.5) is 0 Å². The summed E-state index contributed by atoms with van der Waals surface area (Å²) in [6.45, 7) is 12.8. The highest BCUT2D eigenvalue weighted by atomic mass is 32.2. The summed E-state index contributed by atoms with van der Waals surface area (Å²) < 4.78 is 35.0. The first-order valence-corrected chi connectivity index (χ1v) is 22.7. The van der Waals surface area contributed by atoms with E-state index in [0.29, 0.717) is 38.9 Å². The average Bonchev–Trinajstić information content (AvgIpc) is 3.28. The number of benzene rings is 3. The number of carbonyl (C=O) groups is 3. The molecule has 0 aliphatic rings. The van der Waals surface area contributed by atoms with Crippen LogP contribution in [0.25, 0.3) is 0 Å². The van der Waals surface area contributed by atoms with Gasteiger partial charge in [-0.15, -0.1) is 11.8 Å². The number of thioether (sulfide) groups is 1.